The summed E-state index contributed by atoms with van der Waals surface area (Å²) in [6, 6.07) is 6.62. The van der Waals surface area contributed by atoms with Crippen molar-refractivity contribution in [1.82, 2.24) is 4.90 Å². The molecule has 1 heterocycles. The molecule has 2 rings (SSSR count). The molecule has 0 unspecified atom stereocenters. The molecule has 0 spiro atoms. The van der Waals surface area contributed by atoms with Gasteiger partial charge in [-0.2, -0.15) is 0 Å². The first-order valence-corrected chi connectivity index (χ1v) is 7.97. The van der Waals surface area contributed by atoms with Gasteiger partial charge < -0.3 is 9.80 Å². The van der Waals surface area contributed by atoms with Gasteiger partial charge in [0.05, 0.1) is 5.69 Å². The van der Waals surface area contributed by atoms with Gasteiger partial charge >= 0.3 is 0 Å². The molecule has 0 N–H and O–H groups in total. The highest BCUT2D eigenvalue weighted by atomic mass is 79.9. The minimum Gasteiger partial charge on any atom is -0.368 e. The Hall–Kier alpha value is -0.0600. The Morgan fingerprint density at radius 3 is 2.41 bits per heavy atom. The van der Waals surface area contributed by atoms with E-state index in [2.05, 4.69) is 66.8 Å². The van der Waals surface area contributed by atoms with Crippen LogP contribution in [0.4, 0.5) is 5.69 Å². The maximum Gasteiger partial charge on any atom is 0.0511 e. The SMILES string of the molecule is CCN1CCN(c2ccc(CBr)cc2Br)CC1. The van der Waals surface area contributed by atoms with Crippen LogP contribution < -0.4 is 4.90 Å². The second kappa shape index (κ2) is 6.21. The van der Waals surface area contributed by atoms with Gasteiger partial charge in [0, 0.05) is 36.0 Å². The van der Waals surface area contributed by atoms with Crippen LogP contribution >= 0.6 is 31.9 Å². The Morgan fingerprint density at radius 1 is 1.18 bits per heavy atom. The molecule has 2 nitrogen and oxygen atoms in total. The van der Waals surface area contributed by atoms with Gasteiger partial charge in [0.25, 0.3) is 0 Å². The van der Waals surface area contributed by atoms with Crippen LogP contribution in [0.5, 0.6) is 0 Å². The topological polar surface area (TPSA) is 6.48 Å². The number of hydrogen-bond acceptors (Lipinski definition) is 2. The summed E-state index contributed by atoms with van der Waals surface area (Å²) >= 11 is 7.17. The van der Waals surface area contributed by atoms with Gasteiger partial charge in [0.15, 0.2) is 0 Å². The number of hydrogen-bond donors (Lipinski definition) is 0. The zero-order valence-corrected chi connectivity index (χ0v) is 13.3. The molecule has 94 valence electrons. The summed E-state index contributed by atoms with van der Waals surface area (Å²) in [5.41, 5.74) is 2.64. The third kappa shape index (κ3) is 3.24. The van der Waals surface area contributed by atoms with E-state index >= 15 is 0 Å². The molecule has 0 radical (unpaired) electrons. The highest BCUT2D eigenvalue weighted by Gasteiger charge is 2.17. The number of alkyl halides is 1. The van der Waals surface area contributed by atoms with Gasteiger partial charge in [0.2, 0.25) is 0 Å². The molecular formula is C13H18Br2N2. The van der Waals surface area contributed by atoms with Crippen LogP contribution in [-0.4, -0.2) is 37.6 Å². The van der Waals surface area contributed by atoms with Crippen molar-refractivity contribution in [2.45, 2.75) is 12.3 Å². The molecule has 0 saturated carbocycles. The van der Waals surface area contributed by atoms with Crippen molar-refractivity contribution in [1.29, 1.82) is 0 Å². The minimum absolute atomic E-state index is 0.912. The second-order valence-electron chi connectivity index (χ2n) is 4.34. The Kier molecular flexibility index (Phi) is 4.88. The molecule has 1 saturated heterocycles. The van der Waals surface area contributed by atoms with E-state index in [9.17, 15) is 0 Å². The van der Waals surface area contributed by atoms with Crippen LogP contribution in [0, 0.1) is 0 Å². The lowest BCUT2D eigenvalue weighted by Gasteiger charge is -2.36. The standard InChI is InChI=1S/C13H18Br2N2/c1-2-16-5-7-17(8-6-16)13-4-3-11(10-14)9-12(13)15/h3-4,9H,2,5-8,10H2,1H3. The van der Waals surface area contributed by atoms with Crippen molar-refractivity contribution in [3.63, 3.8) is 0 Å². The molecule has 1 aromatic carbocycles. The fraction of sp³-hybridized carbons (Fsp3) is 0.538. The molecule has 0 amide bonds. The normalized spacial score (nSPS) is 17.5. The van der Waals surface area contributed by atoms with E-state index in [0.29, 0.717) is 0 Å². The van der Waals surface area contributed by atoms with Crippen molar-refractivity contribution in [2.75, 3.05) is 37.6 Å². The molecule has 1 fully saturated rings. The lowest BCUT2D eigenvalue weighted by molar-refractivity contribution is 0.271. The fourth-order valence-corrected chi connectivity index (χ4v) is 3.22. The molecule has 0 aromatic heterocycles. The Morgan fingerprint density at radius 2 is 1.88 bits per heavy atom. The second-order valence-corrected chi connectivity index (χ2v) is 5.76. The van der Waals surface area contributed by atoms with Crippen LogP contribution in [0.1, 0.15) is 12.5 Å². The summed E-state index contributed by atoms with van der Waals surface area (Å²) in [5.74, 6) is 0. The summed E-state index contributed by atoms with van der Waals surface area (Å²) in [6.45, 7) is 7.99. The van der Waals surface area contributed by atoms with E-state index in [1.165, 1.54) is 28.8 Å². The van der Waals surface area contributed by atoms with E-state index < -0.39 is 0 Å². The van der Waals surface area contributed by atoms with Crippen LogP contribution in [0.3, 0.4) is 0 Å². The highest BCUT2D eigenvalue weighted by molar-refractivity contribution is 9.10. The number of likely N-dealkylation sites (N-methyl/N-ethyl adjacent to an activating group) is 1. The number of halogens is 2. The number of piperazine rings is 1. The van der Waals surface area contributed by atoms with Crippen LogP contribution in [0.15, 0.2) is 22.7 Å². The van der Waals surface area contributed by atoms with Crippen LogP contribution in [-0.2, 0) is 5.33 Å². The third-order valence-corrected chi connectivity index (χ3v) is 4.61. The third-order valence-electron chi connectivity index (χ3n) is 3.33. The van der Waals surface area contributed by atoms with E-state index in [0.717, 1.165) is 25.0 Å². The maximum absolute atomic E-state index is 3.68. The lowest BCUT2D eigenvalue weighted by atomic mass is 10.2. The first-order valence-electron chi connectivity index (χ1n) is 6.06. The average molecular weight is 362 g/mol. The fourth-order valence-electron chi connectivity index (χ4n) is 2.19. The first-order chi connectivity index (χ1) is 8.24. The summed E-state index contributed by atoms with van der Waals surface area (Å²) in [6.07, 6.45) is 0. The summed E-state index contributed by atoms with van der Waals surface area (Å²) < 4.78 is 1.21. The van der Waals surface area contributed by atoms with Crippen molar-refractivity contribution in [3.05, 3.63) is 28.2 Å². The summed E-state index contributed by atoms with van der Waals surface area (Å²) in [7, 11) is 0. The number of nitrogens with zero attached hydrogens (tertiary/aromatic N) is 2. The number of anilines is 1. The molecule has 0 bridgehead atoms. The molecule has 0 atom stereocenters. The molecule has 17 heavy (non-hydrogen) atoms. The number of benzene rings is 1. The van der Waals surface area contributed by atoms with Crippen LogP contribution in [0.2, 0.25) is 0 Å². The van der Waals surface area contributed by atoms with Crippen LogP contribution in [0.25, 0.3) is 0 Å². The predicted molar refractivity (Wildman–Crippen MR) is 81.1 cm³/mol. The molecule has 1 aromatic rings. The molecule has 1 aliphatic heterocycles. The van der Waals surface area contributed by atoms with Gasteiger partial charge in [0.1, 0.15) is 0 Å². The summed E-state index contributed by atoms with van der Waals surface area (Å²) in [5, 5.41) is 0.912. The predicted octanol–water partition coefficient (Wildman–Crippen LogP) is 3.49. The van der Waals surface area contributed by atoms with Crippen molar-refractivity contribution in [2.24, 2.45) is 0 Å². The molecule has 4 heteroatoms. The smallest absolute Gasteiger partial charge is 0.0511 e. The van der Waals surface area contributed by atoms with Gasteiger partial charge in [-0.25, -0.2) is 0 Å². The van der Waals surface area contributed by atoms with E-state index in [1.54, 1.807) is 0 Å². The van der Waals surface area contributed by atoms with Gasteiger partial charge in [-0.15, -0.1) is 0 Å². The van der Waals surface area contributed by atoms with Gasteiger partial charge in [-0.1, -0.05) is 28.9 Å². The largest absolute Gasteiger partial charge is 0.368 e. The van der Waals surface area contributed by atoms with Gasteiger partial charge in [-0.3, -0.25) is 0 Å². The first kappa shape index (κ1) is 13.4. The van der Waals surface area contributed by atoms with E-state index in [1.807, 2.05) is 0 Å². The molecular weight excluding hydrogens is 344 g/mol. The van der Waals surface area contributed by atoms with Crippen molar-refractivity contribution >= 4 is 37.5 Å². The minimum atomic E-state index is 0.912. The monoisotopic (exact) mass is 360 g/mol. The zero-order valence-electron chi connectivity index (χ0n) is 10.1. The Labute approximate surface area is 120 Å². The van der Waals surface area contributed by atoms with Gasteiger partial charge in [-0.05, 0) is 40.2 Å². The molecule has 1 aliphatic rings. The Bertz CT molecular complexity index is 374. The maximum atomic E-state index is 3.68. The highest BCUT2D eigenvalue weighted by Crippen LogP contribution is 2.28. The Balaban J connectivity index is 2.08. The van der Waals surface area contributed by atoms with Crippen molar-refractivity contribution < 1.29 is 0 Å². The summed E-state index contributed by atoms with van der Waals surface area (Å²) in [4.78, 5) is 4.96. The van der Waals surface area contributed by atoms with E-state index in [-0.39, 0.29) is 0 Å². The van der Waals surface area contributed by atoms with Crippen molar-refractivity contribution in [3.8, 4) is 0 Å². The number of rotatable bonds is 3. The lowest BCUT2D eigenvalue weighted by Crippen LogP contribution is -2.46. The average Bonchev–Trinajstić information content (AvgIpc) is 2.39. The quantitative estimate of drug-likeness (QED) is 0.760. The molecule has 0 aliphatic carbocycles. The zero-order chi connectivity index (χ0) is 12.3. The van der Waals surface area contributed by atoms with E-state index in [4.69, 9.17) is 0 Å².